The first-order valence-electron chi connectivity index (χ1n) is 7.40. The van der Waals surface area contributed by atoms with Crippen molar-refractivity contribution in [3.63, 3.8) is 0 Å². The molecule has 0 radical (unpaired) electrons. The number of carboxylic acids is 1. The number of hydrogen-bond acceptors (Lipinski definition) is 4. The Hall–Kier alpha value is -0.950. The molecule has 2 N–H and O–H groups in total. The highest BCUT2D eigenvalue weighted by Gasteiger charge is 2.40. The second-order valence-electron chi connectivity index (χ2n) is 5.76. The number of nitrogens with one attached hydrogen (secondary N) is 1. The average Bonchev–Trinajstić information content (AvgIpc) is 2.92. The molecule has 0 spiro atoms. The number of carbonyl (C=O) groups excluding carboxylic acids is 1. The van der Waals surface area contributed by atoms with Crippen LogP contribution < -0.4 is 5.32 Å². The third-order valence-electron chi connectivity index (χ3n) is 4.48. The van der Waals surface area contributed by atoms with Crippen LogP contribution in [0.15, 0.2) is 0 Å². The van der Waals surface area contributed by atoms with Gasteiger partial charge in [0.1, 0.15) is 6.04 Å². The van der Waals surface area contributed by atoms with Gasteiger partial charge in [0.25, 0.3) is 0 Å². The summed E-state index contributed by atoms with van der Waals surface area (Å²) in [6.07, 6.45) is 6.44. The highest BCUT2D eigenvalue weighted by molar-refractivity contribution is 7.99. The van der Waals surface area contributed by atoms with Crippen molar-refractivity contribution in [1.29, 1.82) is 0 Å². The number of likely N-dealkylation sites (tertiary alicyclic amines) is 1. The summed E-state index contributed by atoms with van der Waals surface area (Å²) in [5, 5.41) is 12.9. The molecule has 1 saturated heterocycles. The lowest BCUT2D eigenvalue weighted by Crippen LogP contribution is -2.50. The van der Waals surface area contributed by atoms with Crippen molar-refractivity contribution in [2.45, 2.75) is 55.5 Å². The van der Waals surface area contributed by atoms with Gasteiger partial charge in [-0.3, -0.25) is 0 Å². The number of methoxy groups -OCH3 is 1. The molecule has 1 aliphatic heterocycles. The summed E-state index contributed by atoms with van der Waals surface area (Å²) < 4.78 is 5.20. The van der Waals surface area contributed by atoms with Crippen LogP contribution in [0.25, 0.3) is 0 Å². The van der Waals surface area contributed by atoms with Crippen LogP contribution in [0, 0.1) is 0 Å². The standard InChI is InChI=1S/C14H24N2O4S/c1-20-10-7-12(13(17)18)16(8-10)14(19)15-9-3-5-11(21-2)6-4-9/h9-12H,3-8H2,1-2H3,(H,15,19)(H,17,18). The van der Waals surface area contributed by atoms with Crippen LogP contribution in [0.1, 0.15) is 32.1 Å². The SMILES string of the molecule is COC1CC(C(=O)O)N(C(=O)NC2CCC(SC)CC2)C1. The van der Waals surface area contributed by atoms with Crippen LogP contribution in [-0.2, 0) is 9.53 Å². The van der Waals surface area contributed by atoms with Gasteiger partial charge in [-0.25, -0.2) is 9.59 Å². The highest BCUT2D eigenvalue weighted by atomic mass is 32.2. The van der Waals surface area contributed by atoms with E-state index in [1.807, 2.05) is 11.8 Å². The van der Waals surface area contributed by atoms with Crippen molar-refractivity contribution in [2.24, 2.45) is 0 Å². The van der Waals surface area contributed by atoms with Crippen LogP contribution in [-0.4, -0.2) is 65.4 Å². The van der Waals surface area contributed by atoms with Crippen molar-refractivity contribution >= 4 is 23.8 Å². The van der Waals surface area contributed by atoms with E-state index >= 15 is 0 Å². The number of hydrogen-bond donors (Lipinski definition) is 2. The third kappa shape index (κ3) is 4.03. The fraction of sp³-hybridized carbons (Fsp3) is 0.857. The smallest absolute Gasteiger partial charge is 0.326 e. The number of urea groups is 1. The maximum absolute atomic E-state index is 12.3. The Morgan fingerprint density at radius 2 is 1.95 bits per heavy atom. The lowest BCUT2D eigenvalue weighted by atomic mass is 9.95. The molecule has 2 rings (SSSR count). The molecule has 0 aromatic rings. The van der Waals surface area contributed by atoms with Gasteiger partial charge >= 0.3 is 12.0 Å². The summed E-state index contributed by atoms with van der Waals surface area (Å²) in [5.74, 6) is -0.962. The summed E-state index contributed by atoms with van der Waals surface area (Å²) in [4.78, 5) is 25.0. The molecule has 7 heteroatoms. The molecule has 2 amide bonds. The number of carbonyl (C=O) groups is 2. The first kappa shape index (κ1) is 16.4. The van der Waals surface area contributed by atoms with Gasteiger partial charge in [0.2, 0.25) is 0 Å². The summed E-state index contributed by atoms with van der Waals surface area (Å²) in [6, 6.07) is -0.885. The molecule has 1 saturated carbocycles. The van der Waals surface area contributed by atoms with E-state index in [-0.39, 0.29) is 18.2 Å². The van der Waals surface area contributed by atoms with E-state index in [1.54, 1.807) is 7.11 Å². The van der Waals surface area contributed by atoms with E-state index in [9.17, 15) is 14.7 Å². The normalized spacial score (nSPS) is 33.0. The molecule has 6 nitrogen and oxygen atoms in total. The number of ether oxygens (including phenoxy) is 1. The zero-order valence-electron chi connectivity index (χ0n) is 12.6. The fourth-order valence-corrected chi connectivity index (χ4v) is 3.87. The van der Waals surface area contributed by atoms with Gasteiger partial charge in [-0.1, -0.05) is 0 Å². The molecule has 0 bridgehead atoms. The lowest BCUT2D eigenvalue weighted by Gasteiger charge is -2.30. The van der Waals surface area contributed by atoms with Crippen LogP contribution in [0.2, 0.25) is 0 Å². The number of aliphatic carboxylic acids is 1. The maximum atomic E-state index is 12.3. The molecule has 0 aromatic carbocycles. The molecule has 1 heterocycles. The summed E-state index contributed by atoms with van der Waals surface area (Å²) in [7, 11) is 1.55. The van der Waals surface area contributed by atoms with Crippen LogP contribution in [0.5, 0.6) is 0 Å². The van der Waals surface area contributed by atoms with Gasteiger partial charge in [0.15, 0.2) is 0 Å². The Bertz CT molecular complexity index is 385. The maximum Gasteiger partial charge on any atom is 0.326 e. The summed E-state index contributed by atoms with van der Waals surface area (Å²) >= 11 is 1.88. The Morgan fingerprint density at radius 3 is 2.48 bits per heavy atom. The van der Waals surface area contributed by atoms with Crippen LogP contribution in [0.4, 0.5) is 4.79 Å². The van der Waals surface area contributed by atoms with Gasteiger partial charge in [-0.15, -0.1) is 0 Å². The molecule has 2 aliphatic rings. The van der Waals surface area contributed by atoms with Gasteiger partial charge in [-0.05, 0) is 31.9 Å². The largest absolute Gasteiger partial charge is 0.480 e. The molecule has 2 fully saturated rings. The van der Waals surface area contributed by atoms with E-state index in [1.165, 1.54) is 4.90 Å². The van der Waals surface area contributed by atoms with Crippen LogP contribution >= 0.6 is 11.8 Å². The van der Waals surface area contributed by atoms with Gasteiger partial charge in [-0.2, -0.15) is 11.8 Å². The van der Waals surface area contributed by atoms with Gasteiger partial charge in [0.05, 0.1) is 6.10 Å². The number of thioether (sulfide) groups is 1. The minimum Gasteiger partial charge on any atom is -0.480 e. The van der Waals surface area contributed by atoms with Crippen molar-refractivity contribution in [1.82, 2.24) is 10.2 Å². The Balaban J connectivity index is 1.88. The molecule has 2 atom stereocenters. The number of rotatable bonds is 4. The summed E-state index contributed by atoms with van der Waals surface area (Å²) in [6.45, 7) is 0.347. The second kappa shape index (κ2) is 7.35. The first-order valence-corrected chi connectivity index (χ1v) is 8.69. The monoisotopic (exact) mass is 316 g/mol. The minimum atomic E-state index is -0.962. The second-order valence-corrected chi connectivity index (χ2v) is 6.90. The third-order valence-corrected chi connectivity index (χ3v) is 5.62. The van der Waals surface area contributed by atoms with E-state index in [0.717, 1.165) is 25.7 Å². The highest BCUT2D eigenvalue weighted by Crippen LogP contribution is 2.27. The van der Waals surface area contributed by atoms with Crippen molar-refractivity contribution in [2.75, 3.05) is 19.9 Å². The van der Waals surface area contributed by atoms with Crippen molar-refractivity contribution < 1.29 is 19.4 Å². The molecule has 21 heavy (non-hydrogen) atoms. The Labute approximate surface area is 129 Å². The zero-order valence-corrected chi connectivity index (χ0v) is 13.4. The van der Waals surface area contributed by atoms with Crippen molar-refractivity contribution in [3.05, 3.63) is 0 Å². The average molecular weight is 316 g/mol. The fourth-order valence-electron chi connectivity index (χ4n) is 3.13. The number of carboxylic acid groups (broad SMARTS) is 1. The van der Waals surface area contributed by atoms with E-state index < -0.39 is 12.0 Å². The number of nitrogens with zero attached hydrogens (tertiary/aromatic N) is 1. The zero-order chi connectivity index (χ0) is 15.4. The Kier molecular flexibility index (Phi) is 5.75. The van der Waals surface area contributed by atoms with E-state index in [0.29, 0.717) is 18.2 Å². The lowest BCUT2D eigenvalue weighted by molar-refractivity contribution is -0.141. The van der Waals surface area contributed by atoms with Gasteiger partial charge < -0.3 is 20.1 Å². The molecule has 120 valence electrons. The topological polar surface area (TPSA) is 78.9 Å². The predicted octanol–water partition coefficient (Wildman–Crippen LogP) is 1.54. The predicted molar refractivity (Wildman–Crippen MR) is 81.6 cm³/mol. The van der Waals surface area contributed by atoms with Crippen molar-refractivity contribution in [3.8, 4) is 0 Å². The first-order chi connectivity index (χ1) is 10.0. The van der Waals surface area contributed by atoms with E-state index in [2.05, 4.69) is 11.6 Å². The summed E-state index contributed by atoms with van der Waals surface area (Å²) in [5.41, 5.74) is 0. The molecule has 0 aromatic heterocycles. The molecular formula is C14H24N2O4S. The quantitative estimate of drug-likeness (QED) is 0.822. The Morgan fingerprint density at radius 1 is 1.29 bits per heavy atom. The molecule has 1 aliphatic carbocycles. The number of amides is 2. The minimum absolute atomic E-state index is 0.164. The van der Waals surface area contributed by atoms with E-state index in [4.69, 9.17) is 4.74 Å². The molecule has 2 unspecified atom stereocenters. The molecular weight excluding hydrogens is 292 g/mol. The van der Waals surface area contributed by atoms with Gasteiger partial charge in [0, 0.05) is 31.4 Å². The van der Waals surface area contributed by atoms with Crippen LogP contribution in [0.3, 0.4) is 0 Å².